The molecule has 0 saturated carbocycles. The number of halogens is 1. The number of piperazine rings is 1. The molecule has 1 fully saturated rings. The first-order valence-corrected chi connectivity index (χ1v) is 9.23. The van der Waals surface area contributed by atoms with E-state index in [2.05, 4.69) is 11.8 Å². The van der Waals surface area contributed by atoms with Crippen LogP contribution in [0.1, 0.15) is 27.7 Å². The summed E-state index contributed by atoms with van der Waals surface area (Å²) >= 11 is 7.69. The van der Waals surface area contributed by atoms with Crippen molar-refractivity contribution < 1.29 is 9.53 Å². The first kappa shape index (κ1) is 17.3. The molecule has 7 heteroatoms. The molecular weight excluding hydrogens is 346 g/mol. The minimum atomic E-state index is -0.468. The van der Waals surface area contributed by atoms with Crippen molar-refractivity contribution in [3.05, 3.63) is 23.2 Å². The second-order valence-electron chi connectivity index (χ2n) is 7.08. The molecule has 1 aromatic carbocycles. The SMILES string of the molecule is C[C@H]1CN(C(=O)OC(C)(C)C)CCN1c1nc2ccc(Cl)cc2s1. The standard InChI is InChI=1S/C17H22ClN3O2S/c1-11-10-20(16(22)23-17(2,3)4)7-8-21(11)15-19-13-6-5-12(18)9-14(13)24-15/h5-6,9,11H,7-8,10H2,1-4H3/t11-/m0/s1. The lowest BCUT2D eigenvalue weighted by atomic mass is 10.2. The third-order valence-corrected chi connectivity index (χ3v) is 5.15. The molecule has 0 unspecified atom stereocenters. The Balaban J connectivity index is 1.72. The van der Waals surface area contributed by atoms with Crippen molar-refractivity contribution in [1.82, 2.24) is 9.88 Å². The molecule has 24 heavy (non-hydrogen) atoms. The zero-order chi connectivity index (χ0) is 17.5. The summed E-state index contributed by atoms with van der Waals surface area (Å²) in [5, 5.41) is 1.70. The van der Waals surface area contributed by atoms with Crippen molar-refractivity contribution >= 4 is 44.4 Å². The van der Waals surface area contributed by atoms with Gasteiger partial charge in [0, 0.05) is 30.7 Å². The number of aromatic nitrogens is 1. The van der Waals surface area contributed by atoms with Crippen molar-refractivity contribution in [2.75, 3.05) is 24.5 Å². The highest BCUT2D eigenvalue weighted by atomic mass is 35.5. The van der Waals surface area contributed by atoms with Crippen LogP contribution in [0.2, 0.25) is 5.02 Å². The summed E-state index contributed by atoms with van der Waals surface area (Å²) in [6.07, 6.45) is -0.245. The van der Waals surface area contributed by atoms with Crippen molar-refractivity contribution in [1.29, 1.82) is 0 Å². The lowest BCUT2D eigenvalue weighted by molar-refractivity contribution is 0.0219. The van der Waals surface area contributed by atoms with Crippen LogP contribution in [-0.2, 0) is 4.74 Å². The number of amides is 1. The number of nitrogens with zero attached hydrogens (tertiary/aromatic N) is 3. The maximum absolute atomic E-state index is 12.2. The fourth-order valence-electron chi connectivity index (χ4n) is 2.74. The number of carbonyl (C=O) groups is 1. The first-order valence-electron chi connectivity index (χ1n) is 8.03. The van der Waals surface area contributed by atoms with Crippen LogP contribution in [-0.4, -0.2) is 47.3 Å². The highest BCUT2D eigenvalue weighted by Gasteiger charge is 2.31. The third-order valence-electron chi connectivity index (χ3n) is 3.86. The van der Waals surface area contributed by atoms with E-state index in [9.17, 15) is 4.79 Å². The first-order chi connectivity index (χ1) is 11.2. The molecule has 1 aliphatic rings. The minimum Gasteiger partial charge on any atom is -0.444 e. The number of hydrogen-bond acceptors (Lipinski definition) is 5. The highest BCUT2D eigenvalue weighted by molar-refractivity contribution is 7.22. The molecule has 1 aromatic heterocycles. The van der Waals surface area contributed by atoms with Crippen LogP contribution in [0, 0.1) is 0 Å². The second kappa shape index (κ2) is 6.41. The van der Waals surface area contributed by atoms with E-state index in [1.807, 2.05) is 39.0 Å². The van der Waals surface area contributed by atoms with Gasteiger partial charge in [-0.3, -0.25) is 0 Å². The van der Waals surface area contributed by atoms with Crippen LogP contribution in [0.5, 0.6) is 0 Å². The molecule has 0 spiro atoms. The summed E-state index contributed by atoms with van der Waals surface area (Å²) in [4.78, 5) is 21.0. The lowest BCUT2D eigenvalue weighted by Crippen LogP contribution is -2.54. The number of fused-ring (bicyclic) bond motifs is 1. The van der Waals surface area contributed by atoms with E-state index in [4.69, 9.17) is 21.3 Å². The lowest BCUT2D eigenvalue weighted by Gasteiger charge is -2.40. The molecule has 2 heterocycles. The molecule has 0 aliphatic carbocycles. The molecule has 1 saturated heterocycles. The number of thiazole rings is 1. The maximum atomic E-state index is 12.2. The number of rotatable bonds is 1. The van der Waals surface area contributed by atoms with Gasteiger partial charge in [0.1, 0.15) is 5.60 Å². The predicted molar refractivity (Wildman–Crippen MR) is 99.2 cm³/mol. The molecule has 2 aromatic rings. The van der Waals surface area contributed by atoms with E-state index in [1.165, 1.54) is 0 Å². The fourth-order valence-corrected chi connectivity index (χ4v) is 4.11. The van der Waals surface area contributed by atoms with Crippen LogP contribution in [0.4, 0.5) is 9.93 Å². The average Bonchev–Trinajstić information content (AvgIpc) is 2.87. The van der Waals surface area contributed by atoms with E-state index in [-0.39, 0.29) is 12.1 Å². The van der Waals surface area contributed by atoms with E-state index in [1.54, 1.807) is 16.2 Å². The summed E-state index contributed by atoms with van der Waals surface area (Å²) in [5.74, 6) is 0. The van der Waals surface area contributed by atoms with Gasteiger partial charge in [0.15, 0.2) is 5.13 Å². The van der Waals surface area contributed by atoms with E-state index in [0.717, 1.165) is 26.9 Å². The summed E-state index contributed by atoms with van der Waals surface area (Å²) in [6.45, 7) is 9.77. The summed E-state index contributed by atoms with van der Waals surface area (Å²) < 4.78 is 6.55. The Morgan fingerprint density at radius 3 is 2.79 bits per heavy atom. The highest BCUT2D eigenvalue weighted by Crippen LogP contribution is 2.32. The molecule has 0 bridgehead atoms. The quantitative estimate of drug-likeness (QED) is 0.749. The molecule has 1 atom stereocenters. The largest absolute Gasteiger partial charge is 0.444 e. The number of carbonyl (C=O) groups excluding carboxylic acids is 1. The monoisotopic (exact) mass is 367 g/mol. The van der Waals surface area contributed by atoms with Crippen LogP contribution >= 0.6 is 22.9 Å². The van der Waals surface area contributed by atoms with Crippen molar-refractivity contribution in [2.45, 2.75) is 39.3 Å². The van der Waals surface area contributed by atoms with Crippen molar-refractivity contribution in [2.24, 2.45) is 0 Å². The summed E-state index contributed by atoms with van der Waals surface area (Å²) in [5.41, 5.74) is 0.491. The molecular formula is C17H22ClN3O2S. The molecule has 130 valence electrons. The van der Waals surface area contributed by atoms with Crippen molar-refractivity contribution in [3.8, 4) is 0 Å². The van der Waals surface area contributed by atoms with Gasteiger partial charge in [0.25, 0.3) is 0 Å². The Morgan fingerprint density at radius 2 is 2.12 bits per heavy atom. The Kier molecular flexibility index (Phi) is 4.62. The maximum Gasteiger partial charge on any atom is 0.410 e. The number of ether oxygens (including phenoxy) is 1. The van der Waals surface area contributed by atoms with Crippen LogP contribution in [0.3, 0.4) is 0 Å². The van der Waals surface area contributed by atoms with E-state index in [0.29, 0.717) is 13.1 Å². The molecule has 5 nitrogen and oxygen atoms in total. The van der Waals surface area contributed by atoms with Gasteiger partial charge in [0.05, 0.1) is 10.2 Å². The van der Waals surface area contributed by atoms with Crippen molar-refractivity contribution in [3.63, 3.8) is 0 Å². The normalized spacial score (nSPS) is 19.0. The number of benzene rings is 1. The Morgan fingerprint density at radius 1 is 1.38 bits per heavy atom. The Labute approximate surface area is 151 Å². The predicted octanol–water partition coefficient (Wildman–Crippen LogP) is 4.40. The van der Waals surface area contributed by atoms with Gasteiger partial charge in [0.2, 0.25) is 0 Å². The van der Waals surface area contributed by atoms with Gasteiger partial charge < -0.3 is 14.5 Å². The molecule has 0 radical (unpaired) electrons. The third kappa shape index (κ3) is 3.75. The van der Waals surface area contributed by atoms with Gasteiger partial charge >= 0.3 is 6.09 Å². The average molecular weight is 368 g/mol. The minimum absolute atomic E-state index is 0.183. The van der Waals surface area contributed by atoms with Gasteiger partial charge in [-0.2, -0.15) is 0 Å². The topological polar surface area (TPSA) is 45.7 Å². The van der Waals surface area contributed by atoms with Gasteiger partial charge in [-0.1, -0.05) is 22.9 Å². The van der Waals surface area contributed by atoms with Gasteiger partial charge in [-0.25, -0.2) is 9.78 Å². The summed E-state index contributed by atoms with van der Waals surface area (Å²) in [6, 6.07) is 5.93. The van der Waals surface area contributed by atoms with E-state index >= 15 is 0 Å². The van der Waals surface area contributed by atoms with E-state index < -0.39 is 5.60 Å². The van der Waals surface area contributed by atoms with Gasteiger partial charge in [-0.05, 0) is 45.9 Å². The second-order valence-corrected chi connectivity index (χ2v) is 8.52. The zero-order valence-corrected chi connectivity index (χ0v) is 15.9. The van der Waals surface area contributed by atoms with Crippen LogP contribution in [0.15, 0.2) is 18.2 Å². The van der Waals surface area contributed by atoms with Crippen LogP contribution in [0.25, 0.3) is 10.2 Å². The summed E-state index contributed by atoms with van der Waals surface area (Å²) in [7, 11) is 0. The molecule has 1 aliphatic heterocycles. The zero-order valence-electron chi connectivity index (χ0n) is 14.4. The van der Waals surface area contributed by atoms with Crippen LogP contribution < -0.4 is 4.90 Å². The Bertz CT molecular complexity index is 756. The van der Waals surface area contributed by atoms with Gasteiger partial charge in [-0.15, -0.1) is 0 Å². The number of anilines is 1. The fraction of sp³-hybridized carbons (Fsp3) is 0.529. The molecule has 0 N–H and O–H groups in total. The number of hydrogen-bond donors (Lipinski definition) is 0. The smallest absolute Gasteiger partial charge is 0.410 e. The Hall–Kier alpha value is -1.53. The molecule has 3 rings (SSSR count). The molecule has 1 amide bonds.